The zero-order valence-electron chi connectivity index (χ0n) is 27.6. The SMILES string of the molecule is C=C(C)[C@@H]1CC[C@]2(C)[C@H](C(=O)C=C3[C@@H]4C[C@@](C)(C(=O)NC(C)C)CC[C@]4(C)CC[C@]32C)[C@@]1(C)CCC(=O)NCCC. The Morgan fingerprint density at radius 2 is 1.71 bits per heavy atom. The van der Waals surface area contributed by atoms with Crippen molar-refractivity contribution in [3.63, 3.8) is 0 Å². The average Bonchev–Trinajstić information content (AvgIpc) is 2.88. The molecule has 0 spiro atoms. The van der Waals surface area contributed by atoms with Crippen molar-refractivity contribution in [1.82, 2.24) is 10.6 Å². The quantitative estimate of drug-likeness (QED) is 0.298. The number of rotatable bonds is 8. The molecule has 5 nitrogen and oxygen atoms in total. The van der Waals surface area contributed by atoms with Crippen LogP contribution < -0.4 is 10.6 Å². The van der Waals surface area contributed by atoms with E-state index in [9.17, 15) is 14.4 Å². The lowest BCUT2D eigenvalue weighted by Crippen LogP contribution is -2.63. The van der Waals surface area contributed by atoms with Crippen LogP contribution in [0.4, 0.5) is 0 Å². The van der Waals surface area contributed by atoms with E-state index in [0.29, 0.717) is 19.4 Å². The molecule has 3 saturated carbocycles. The van der Waals surface area contributed by atoms with E-state index in [0.717, 1.165) is 56.9 Å². The summed E-state index contributed by atoms with van der Waals surface area (Å²) < 4.78 is 0. The summed E-state index contributed by atoms with van der Waals surface area (Å²) in [5, 5.41) is 6.25. The van der Waals surface area contributed by atoms with Crippen LogP contribution in [0.5, 0.6) is 0 Å². The molecule has 0 bridgehead atoms. The Labute approximate surface area is 250 Å². The van der Waals surface area contributed by atoms with E-state index in [1.165, 1.54) is 5.57 Å². The molecule has 4 aliphatic carbocycles. The second-order valence-electron chi connectivity index (χ2n) is 16.1. The first-order valence-corrected chi connectivity index (χ1v) is 16.5. The Morgan fingerprint density at radius 1 is 1.05 bits per heavy atom. The minimum Gasteiger partial charge on any atom is -0.356 e. The molecule has 0 aliphatic heterocycles. The predicted octanol–water partition coefficient (Wildman–Crippen LogP) is 7.55. The van der Waals surface area contributed by atoms with Gasteiger partial charge in [-0.25, -0.2) is 0 Å². The van der Waals surface area contributed by atoms with Gasteiger partial charge in [-0.15, -0.1) is 0 Å². The van der Waals surface area contributed by atoms with Gasteiger partial charge >= 0.3 is 0 Å². The number of carbonyl (C=O) groups excluding carboxylic acids is 3. The first-order valence-electron chi connectivity index (χ1n) is 16.5. The summed E-state index contributed by atoms with van der Waals surface area (Å²) in [6.07, 6.45) is 11.0. The Morgan fingerprint density at radius 3 is 2.32 bits per heavy atom. The maximum absolute atomic E-state index is 14.6. The highest BCUT2D eigenvalue weighted by Crippen LogP contribution is 2.73. The van der Waals surface area contributed by atoms with E-state index < -0.39 is 5.41 Å². The summed E-state index contributed by atoms with van der Waals surface area (Å²) in [7, 11) is 0. The Bertz CT molecular complexity index is 1120. The fourth-order valence-corrected chi connectivity index (χ4v) is 10.1. The van der Waals surface area contributed by atoms with Gasteiger partial charge in [0.15, 0.2) is 5.78 Å². The van der Waals surface area contributed by atoms with Crippen molar-refractivity contribution in [2.45, 2.75) is 133 Å². The van der Waals surface area contributed by atoms with E-state index in [4.69, 9.17) is 0 Å². The highest BCUT2D eigenvalue weighted by atomic mass is 16.2. The Kier molecular flexibility index (Phi) is 8.57. The number of carbonyl (C=O) groups is 3. The first-order chi connectivity index (χ1) is 19.0. The number of nitrogens with one attached hydrogen (secondary N) is 2. The lowest BCUT2D eigenvalue weighted by Gasteiger charge is -2.68. The fraction of sp³-hybridized carbons (Fsp3) is 0.806. The van der Waals surface area contributed by atoms with Crippen molar-refractivity contribution in [2.75, 3.05) is 6.54 Å². The Balaban J connectivity index is 1.76. The molecule has 0 saturated heterocycles. The van der Waals surface area contributed by atoms with Gasteiger partial charge in [-0.3, -0.25) is 14.4 Å². The minimum atomic E-state index is -0.424. The van der Waals surface area contributed by atoms with Crippen molar-refractivity contribution in [2.24, 2.45) is 44.8 Å². The summed E-state index contributed by atoms with van der Waals surface area (Å²) >= 11 is 0. The summed E-state index contributed by atoms with van der Waals surface area (Å²) in [6.45, 7) is 25.0. The standard InChI is InChI=1S/C36H58N2O3/c1-11-20-37-29(40)13-14-34(8)25(23(2)3)12-15-36(10)30(34)28(39)21-26-27-22-33(7,31(41)38-24(4)5)17-16-32(27,6)18-19-35(26,36)9/h21,24-25,27,30H,2,11-20,22H2,1,3-10H3,(H,37,40)(H,38,41)/t25-,27-,30+,32+,33-,34-,35+,36+/m0/s1. The summed E-state index contributed by atoms with van der Waals surface area (Å²) in [4.78, 5) is 40.8. The van der Waals surface area contributed by atoms with Crippen LogP contribution in [0.3, 0.4) is 0 Å². The smallest absolute Gasteiger partial charge is 0.226 e. The van der Waals surface area contributed by atoms with Crippen LogP contribution in [0, 0.1) is 44.8 Å². The zero-order valence-corrected chi connectivity index (χ0v) is 27.6. The van der Waals surface area contributed by atoms with Gasteiger partial charge in [0.25, 0.3) is 0 Å². The van der Waals surface area contributed by atoms with Crippen molar-refractivity contribution < 1.29 is 14.4 Å². The summed E-state index contributed by atoms with van der Waals surface area (Å²) in [5.41, 5.74) is 1.48. The topological polar surface area (TPSA) is 75.3 Å². The van der Waals surface area contributed by atoms with E-state index in [-0.39, 0.29) is 63.1 Å². The zero-order chi connectivity index (χ0) is 30.6. The molecule has 3 fully saturated rings. The van der Waals surface area contributed by atoms with E-state index in [1.54, 1.807) is 0 Å². The van der Waals surface area contributed by atoms with Crippen LogP contribution >= 0.6 is 0 Å². The average molecular weight is 567 g/mol. The van der Waals surface area contributed by atoms with Crippen molar-refractivity contribution in [1.29, 1.82) is 0 Å². The molecule has 230 valence electrons. The molecular weight excluding hydrogens is 508 g/mol. The van der Waals surface area contributed by atoms with Crippen molar-refractivity contribution in [3.8, 4) is 0 Å². The minimum absolute atomic E-state index is 0.0844. The van der Waals surface area contributed by atoms with Crippen molar-refractivity contribution >= 4 is 17.6 Å². The number of amides is 2. The van der Waals surface area contributed by atoms with Gasteiger partial charge in [-0.05, 0) is 118 Å². The molecule has 0 aromatic rings. The van der Waals surface area contributed by atoms with Crippen LogP contribution in [0.25, 0.3) is 0 Å². The monoisotopic (exact) mass is 566 g/mol. The van der Waals surface area contributed by atoms with E-state index in [1.807, 2.05) is 13.8 Å². The van der Waals surface area contributed by atoms with Crippen LogP contribution in [0.15, 0.2) is 23.8 Å². The normalized spacial score (nSPS) is 42.0. The van der Waals surface area contributed by atoms with Gasteiger partial charge < -0.3 is 10.6 Å². The number of hydrogen-bond donors (Lipinski definition) is 2. The largest absolute Gasteiger partial charge is 0.356 e. The molecule has 8 atom stereocenters. The van der Waals surface area contributed by atoms with Gasteiger partial charge in [0.2, 0.25) is 11.8 Å². The third-order valence-electron chi connectivity index (χ3n) is 12.9. The molecule has 4 aliphatic rings. The second kappa shape index (κ2) is 11.0. The second-order valence-corrected chi connectivity index (χ2v) is 16.1. The first kappa shape index (κ1) is 32.0. The lowest BCUT2D eigenvalue weighted by atomic mass is 9.35. The molecule has 2 N–H and O–H groups in total. The summed E-state index contributed by atoms with van der Waals surface area (Å²) in [6, 6.07) is 0.115. The molecule has 0 aromatic carbocycles. The molecule has 4 rings (SSSR count). The van der Waals surface area contributed by atoms with Crippen LogP contribution in [-0.2, 0) is 14.4 Å². The highest BCUT2D eigenvalue weighted by molar-refractivity contribution is 5.96. The molecule has 41 heavy (non-hydrogen) atoms. The maximum atomic E-state index is 14.6. The van der Waals surface area contributed by atoms with Crippen molar-refractivity contribution in [3.05, 3.63) is 23.8 Å². The predicted molar refractivity (Wildman–Crippen MR) is 167 cm³/mol. The van der Waals surface area contributed by atoms with Gasteiger partial charge in [-0.1, -0.05) is 59.3 Å². The number of ketones is 1. The van der Waals surface area contributed by atoms with Crippen LogP contribution in [0.2, 0.25) is 0 Å². The molecular formula is C36H58N2O3. The van der Waals surface area contributed by atoms with Gasteiger partial charge in [0.1, 0.15) is 0 Å². The molecule has 5 heteroatoms. The van der Waals surface area contributed by atoms with Gasteiger partial charge in [0, 0.05) is 30.3 Å². The molecule has 0 aromatic heterocycles. The van der Waals surface area contributed by atoms with Gasteiger partial charge in [0.05, 0.1) is 0 Å². The third-order valence-corrected chi connectivity index (χ3v) is 12.9. The van der Waals surface area contributed by atoms with Crippen LogP contribution in [-0.4, -0.2) is 30.2 Å². The van der Waals surface area contributed by atoms with Gasteiger partial charge in [-0.2, -0.15) is 0 Å². The molecule has 0 radical (unpaired) electrons. The summed E-state index contributed by atoms with van der Waals surface area (Å²) in [5.74, 6) is 0.774. The highest BCUT2D eigenvalue weighted by Gasteiger charge is 2.68. The number of fused-ring (bicyclic) bond motifs is 5. The van der Waals surface area contributed by atoms with Crippen LogP contribution in [0.1, 0.15) is 127 Å². The number of hydrogen-bond acceptors (Lipinski definition) is 3. The molecule has 2 amide bonds. The maximum Gasteiger partial charge on any atom is 0.226 e. The van der Waals surface area contributed by atoms with E-state index >= 15 is 0 Å². The Hall–Kier alpha value is -1.91. The van der Waals surface area contributed by atoms with E-state index in [2.05, 4.69) is 71.8 Å². The number of allylic oxidation sites excluding steroid dienone is 3. The third kappa shape index (κ3) is 5.16. The lowest BCUT2D eigenvalue weighted by molar-refractivity contribution is -0.164. The molecule has 0 heterocycles. The fourth-order valence-electron chi connectivity index (χ4n) is 10.1. The molecule has 0 unspecified atom stereocenters.